The highest BCUT2D eigenvalue weighted by Crippen LogP contribution is 2.30. The minimum atomic E-state index is -0.726. The summed E-state index contributed by atoms with van der Waals surface area (Å²) in [4.78, 5) is 51.7. The minimum Gasteiger partial charge on any atom is -0.459 e. The van der Waals surface area contributed by atoms with Crippen molar-refractivity contribution in [2.75, 3.05) is 10.2 Å². The number of esters is 1. The third-order valence-electron chi connectivity index (χ3n) is 5.58. The molecule has 3 aromatic rings. The number of ether oxygens (including phenoxy) is 1. The molecule has 0 fully saturated rings. The molecule has 11 heteroatoms. The van der Waals surface area contributed by atoms with Gasteiger partial charge in [0, 0.05) is 27.8 Å². The van der Waals surface area contributed by atoms with E-state index in [0.29, 0.717) is 26.9 Å². The summed E-state index contributed by atoms with van der Waals surface area (Å²) in [7, 11) is 0. The Morgan fingerprint density at radius 3 is 2.28 bits per heavy atom. The van der Waals surface area contributed by atoms with E-state index in [1.807, 2.05) is 0 Å². The Bertz CT molecular complexity index is 1500. The van der Waals surface area contributed by atoms with Gasteiger partial charge in [-0.25, -0.2) is 9.69 Å². The van der Waals surface area contributed by atoms with Crippen LogP contribution < -0.4 is 15.5 Å². The van der Waals surface area contributed by atoms with Gasteiger partial charge in [-0.1, -0.05) is 46.9 Å². The van der Waals surface area contributed by atoms with Gasteiger partial charge in [-0.15, -0.1) is 0 Å². The Hall–Kier alpha value is -3.85. The predicted octanol–water partition coefficient (Wildman–Crippen LogP) is 5.92. The Balaban J connectivity index is 1.46. The number of imide groups is 1. The van der Waals surface area contributed by atoms with Crippen molar-refractivity contribution in [1.29, 1.82) is 0 Å². The zero-order valence-corrected chi connectivity index (χ0v) is 23.0. The van der Waals surface area contributed by atoms with Gasteiger partial charge in [0.1, 0.15) is 10.7 Å². The number of amides is 3. The Kier molecular flexibility index (Phi) is 8.60. The zero-order chi connectivity index (χ0) is 28.3. The molecule has 0 unspecified atom stereocenters. The molecule has 1 aliphatic heterocycles. The molecule has 0 saturated carbocycles. The van der Waals surface area contributed by atoms with E-state index in [0.717, 1.165) is 4.90 Å². The third-order valence-corrected chi connectivity index (χ3v) is 6.52. The summed E-state index contributed by atoms with van der Waals surface area (Å²) in [6.45, 7) is 3.64. The molecule has 0 bridgehead atoms. The summed E-state index contributed by atoms with van der Waals surface area (Å²) >= 11 is 18.3. The molecule has 0 aliphatic carbocycles. The van der Waals surface area contributed by atoms with E-state index in [1.165, 1.54) is 30.3 Å². The Morgan fingerprint density at radius 2 is 1.62 bits per heavy atom. The topological polar surface area (TPSA) is 105 Å². The van der Waals surface area contributed by atoms with E-state index in [9.17, 15) is 19.2 Å². The fraction of sp³-hybridized carbons (Fsp3) is 0.143. The van der Waals surface area contributed by atoms with Crippen molar-refractivity contribution in [3.8, 4) is 0 Å². The monoisotopic (exact) mass is 585 g/mol. The number of carbonyl (C=O) groups excluding carboxylic acids is 4. The molecule has 1 aliphatic rings. The molecule has 0 radical (unpaired) electrons. The van der Waals surface area contributed by atoms with Crippen LogP contribution in [-0.4, -0.2) is 29.8 Å². The van der Waals surface area contributed by atoms with E-state index in [1.54, 1.807) is 50.2 Å². The van der Waals surface area contributed by atoms with Crippen molar-refractivity contribution < 1.29 is 23.9 Å². The van der Waals surface area contributed by atoms with Crippen molar-refractivity contribution in [2.45, 2.75) is 26.5 Å². The summed E-state index contributed by atoms with van der Waals surface area (Å²) in [5, 5.41) is 6.24. The number of carbonyl (C=O) groups is 4. The molecule has 0 saturated heterocycles. The largest absolute Gasteiger partial charge is 0.459 e. The van der Waals surface area contributed by atoms with Crippen LogP contribution in [0.5, 0.6) is 0 Å². The van der Waals surface area contributed by atoms with E-state index in [4.69, 9.17) is 39.5 Å². The van der Waals surface area contributed by atoms with Crippen LogP contribution in [-0.2, 0) is 20.9 Å². The van der Waals surface area contributed by atoms with E-state index < -0.39 is 17.8 Å². The Labute approximate surface area is 239 Å². The molecule has 4 rings (SSSR count). The number of halogens is 3. The van der Waals surface area contributed by atoms with Crippen molar-refractivity contribution in [3.63, 3.8) is 0 Å². The zero-order valence-electron chi connectivity index (χ0n) is 20.8. The maximum Gasteiger partial charge on any atom is 0.338 e. The number of benzene rings is 3. The van der Waals surface area contributed by atoms with Gasteiger partial charge >= 0.3 is 5.97 Å². The first kappa shape index (κ1) is 28.2. The maximum absolute atomic E-state index is 13.1. The standard InChI is InChI=1S/C28H22Cl3N3O5/c1-15(2)39-28(38)16-7-10-21(11-8-16)34-26(36)23(31)24(27(34)37)33-20-5-3-4-17(12-20)25(35)32-14-18-6-9-19(29)13-22(18)30/h3-13,15,33H,14H2,1-2H3,(H,32,35). The Morgan fingerprint density at radius 1 is 0.897 bits per heavy atom. The number of nitrogens with one attached hydrogen (secondary N) is 2. The third kappa shape index (κ3) is 6.42. The lowest BCUT2D eigenvalue weighted by Gasteiger charge is -2.16. The molecule has 3 amide bonds. The lowest BCUT2D eigenvalue weighted by atomic mass is 10.1. The van der Waals surface area contributed by atoms with Crippen LogP contribution in [0.1, 0.15) is 40.1 Å². The van der Waals surface area contributed by atoms with Crippen molar-refractivity contribution in [2.24, 2.45) is 0 Å². The molecule has 1 heterocycles. The normalized spacial score (nSPS) is 13.2. The summed E-state index contributed by atoms with van der Waals surface area (Å²) in [5.74, 6) is -2.31. The fourth-order valence-electron chi connectivity index (χ4n) is 3.70. The van der Waals surface area contributed by atoms with Gasteiger partial charge in [-0.3, -0.25) is 14.4 Å². The second-order valence-corrected chi connectivity index (χ2v) is 9.98. The average molecular weight is 587 g/mol. The smallest absolute Gasteiger partial charge is 0.338 e. The van der Waals surface area contributed by atoms with Crippen LogP contribution in [0.25, 0.3) is 0 Å². The van der Waals surface area contributed by atoms with Crippen LogP contribution in [0.4, 0.5) is 11.4 Å². The van der Waals surface area contributed by atoms with Crippen molar-refractivity contribution in [3.05, 3.63) is 104 Å². The second kappa shape index (κ2) is 11.9. The lowest BCUT2D eigenvalue weighted by Crippen LogP contribution is -2.32. The predicted molar refractivity (Wildman–Crippen MR) is 150 cm³/mol. The van der Waals surface area contributed by atoms with E-state index >= 15 is 0 Å². The van der Waals surface area contributed by atoms with Crippen LogP contribution in [0.2, 0.25) is 10.0 Å². The molecule has 0 aromatic heterocycles. The van der Waals surface area contributed by atoms with Crippen LogP contribution in [0.3, 0.4) is 0 Å². The molecule has 3 aromatic carbocycles. The summed E-state index contributed by atoms with van der Waals surface area (Å²) in [5.41, 5.74) is 1.73. The number of hydrogen-bond acceptors (Lipinski definition) is 6. The highest BCUT2D eigenvalue weighted by molar-refractivity contribution is 6.53. The quantitative estimate of drug-likeness (QED) is 0.251. The first-order chi connectivity index (χ1) is 18.5. The summed E-state index contributed by atoms with van der Waals surface area (Å²) < 4.78 is 5.15. The number of anilines is 2. The van der Waals surface area contributed by atoms with Gasteiger partial charge < -0.3 is 15.4 Å². The maximum atomic E-state index is 13.1. The van der Waals surface area contributed by atoms with Gasteiger partial charge in [0.2, 0.25) is 0 Å². The van der Waals surface area contributed by atoms with Gasteiger partial charge in [0.15, 0.2) is 0 Å². The van der Waals surface area contributed by atoms with E-state index in [-0.39, 0.29) is 40.5 Å². The minimum absolute atomic E-state index is 0.143. The van der Waals surface area contributed by atoms with Crippen molar-refractivity contribution >= 4 is 69.9 Å². The molecule has 39 heavy (non-hydrogen) atoms. The van der Waals surface area contributed by atoms with Gasteiger partial charge in [-0.2, -0.15) is 0 Å². The van der Waals surface area contributed by atoms with Crippen LogP contribution in [0, 0.1) is 0 Å². The van der Waals surface area contributed by atoms with Crippen LogP contribution >= 0.6 is 34.8 Å². The molecular formula is C28H22Cl3N3O5. The fourth-order valence-corrected chi connectivity index (χ4v) is 4.39. The molecular weight excluding hydrogens is 565 g/mol. The number of nitrogens with zero attached hydrogens (tertiary/aromatic N) is 1. The first-order valence-corrected chi connectivity index (χ1v) is 12.9. The average Bonchev–Trinajstić information content (AvgIpc) is 3.10. The van der Waals surface area contributed by atoms with E-state index in [2.05, 4.69) is 10.6 Å². The number of hydrogen-bond donors (Lipinski definition) is 2. The number of rotatable bonds is 8. The highest BCUT2D eigenvalue weighted by atomic mass is 35.5. The van der Waals surface area contributed by atoms with Crippen LogP contribution in [0.15, 0.2) is 77.5 Å². The lowest BCUT2D eigenvalue weighted by molar-refractivity contribution is -0.120. The first-order valence-electron chi connectivity index (χ1n) is 11.7. The summed E-state index contributed by atoms with van der Waals surface area (Å²) in [6, 6.07) is 17.2. The summed E-state index contributed by atoms with van der Waals surface area (Å²) in [6.07, 6.45) is -0.290. The van der Waals surface area contributed by atoms with Gasteiger partial charge in [0.05, 0.1) is 17.4 Å². The molecule has 2 N–H and O–H groups in total. The molecule has 0 atom stereocenters. The molecule has 8 nitrogen and oxygen atoms in total. The second-order valence-electron chi connectivity index (χ2n) is 8.76. The van der Waals surface area contributed by atoms with Gasteiger partial charge in [0.25, 0.3) is 17.7 Å². The highest BCUT2D eigenvalue weighted by Gasteiger charge is 2.39. The van der Waals surface area contributed by atoms with Crippen molar-refractivity contribution in [1.82, 2.24) is 5.32 Å². The SMILES string of the molecule is CC(C)OC(=O)c1ccc(N2C(=O)C(Cl)=C(Nc3cccc(C(=O)NCc4ccc(Cl)cc4Cl)c3)C2=O)cc1. The molecule has 200 valence electrons. The van der Waals surface area contributed by atoms with Gasteiger partial charge in [-0.05, 0) is 74.0 Å². The molecule has 0 spiro atoms.